The van der Waals surface area contributed by atoms with Crippen molar-refractivity contribution in [3.8, 4) is 5.75 Å². The Labute approximate surface area is 129 Å². The molecule has 0 aliphatic carbocycles. The molecule has 116 valence electrons. The van der Waals surface area contributed by atoms with Crippen molar-refractivity contribution >= 4 is 29.0 Å². The zero-order chi connectivity index (χ0) is 16.2. The summed E-state index contributed by atoms with van der Waals surface area (Å²) in [6.07, 6.45) is 0.636. The maximum absolute atomic E-state index is 12.5. The van der Waals surface area contributed by atoms with E-state index in [9.17, 15) is 14.7 Å². The molecule has 1 aromatic carbocycles. The van der Waals surface area contributed by atoms with Crippen LogP contribution in [-0.2, 0) is 4.79 Å². The molecule has 5 nitrogen and oxygen atoms in total. The highest BCUT2D eigenvalue weighted by Crippen LogP contribution is 2.36. The predicted octanol–water partition coefficient (Wildman–Crippen LogP) is 3.39. The lowest BCUT2D eigenvalue weighted by Gasteiger charge is -2.26. The van der Waals surface area contributed by atoms with E-state index in [1.54, 1.807) is 13.8 Å². The summed E-state index contributed by atoms with van der Waals surface area (Å²) in [7, 11) is 1.42. The summed E-state index contributed by atoms with van der Waals surface area (Å²) in [4.78, 5) is 24.0. The summed E-state index contributed by atoms with van der Waals surface area (Å²) in [6.45, 7) is 3.52. The molecule has 3 N–H and O–H groups in total. The number of benzene rings is 1. The SMILES string of the molecule is CCC(CC)(CC(=O)c1cc(Cl)c(N)cc1OC)C(=O)O. The van der Waals surface area contributed by atoms with Crippen LogP contribution in [-0.4, -0.2) is 24.0 Å². The molecule has 0 heterocycles. The van der Waals surface area contributed by atoms with Crippen molar-refractivity contribution in [3.63, 3.8) is 0 Å². The molecule has 0 aliphatic heterocycles. The molecule has 21 heavy (non-hydrogen) atoms. The topological polar surface area (TPSA) is 89.6 Å². The first-order valence-corrected chi connectivity index (χ1v) is 7.08. The lowest BCUT2D eigenvalue weighted by atomic mass is 9.77. The molecule has 0 aliphatic rings. The van der Waals surface area contributed by atoms with Crippen LogP contribution >= 0.6 is 11.6 Å². The number of nitrogen functional groups attached to an aromatic ring is 1. The number of nitrogens with two attached hydrogens (primary N) is 1. The van der Waals surface area contributed by atoms with Gasteiger partial charge >= 0.3 is 5.97 Å². The van der Waals surface area contributed by atoms with Gasteiger partial charge in [-0.25, -0.2) is 0 Å². The van der Waals surface area contributed by atoms with Crippen molar-refractivity contribution in [3.05, 3.63) is 22.7 Å². The zero-order valence-corrected chi connectivity index (χ0v) is 13.2. The van der Waals surface area contributed by atoms with Gasteiger partial charge in [0.05, 0.1) is 28.8 Å². The molecule has 1 rings (SSSR count). The maximum Gasteiger partial charge on any atom is 0.310 e. The molecule has 0 spiro atoms. The summed E-state index contributed by atoms with van der Waals surface area (Å²) in [5.74, 6) is -0.991. The van der Waals surface area contributed by atoms with E-state index in [0.717, 1.165) is 0 Å². The van der Waals surface area contributed by atoms with Crippen LogP contribution < -0.4 is 10.5 Å². The quantitative estimate of drug-likeness (QED) is 0.595. The molecule has 0 fully saturated rings. The summed E-state index contributed by atoms with van der Waals surface area (Å²) in [5, 5.41) is 9.66. The van der Waals surface area contributed by atoms with Gasteiger partial charge in [0, 0.05) is 12.5 Å². The molecular weight excluding hydrogens is 294 g/mol. The molecule has 0 saturated heterocycles. The Morgan fingerprint density at radius 3 is 2.33 bits per heavy atom. The van der Waals surface area contributed by atoms with Crippen LogP contribution in [0.1, 0.15) is 43.5 Å². The van der Waals surface area contributed by atoms with Gasteiger partial charge in [0.2, 0.25) is 0 Å². The van der Waals surface area contributed by atoms with Crippen molar-refractivity contribution in [1.82, 2.24) is 0 Å². The molecule has 0 radical (unpaired) electrons. The number of carbonyl (C=O) groups excluding carboxylic acids is 1. The Hall–Kier alpha value is -1.75. The molecule has 0 amide bonds. The van der Waals surface area contributed by atoms with Gasteiger partial charge in [-0.1, -0.05) is 25.4 Å². The van der Waals surface area contributed by atoms with Gasteiger partial charge in [0.1, 0.15) is 5.75 Å². The van der Waals surface area contributed by atoms with Gasteiger partial charge in [0.15, 0.2) is 5.78 Å². The number of methoxy groups -OCH3 is 1. The number of halogens is 1. The van der Waals surface area contributed by atoms with E-state index >= 15 is 0 Å². The average molecular weight is 314 g/mol. The number of hydrogen-bond donors (Lipinski definition) is 2. The molecule has 1 aromatic rings. The molecule has 0 atom stereocenters. The van der Waals surface area contributed by atoms with Crippen LogP contribution in [0.2, 0.25) is 5.02 Å². The number of carboxylic acid groups (broad SMARTS) is 1. The van der Waals surface area contributed by atoms with E-state index in [4.69, 9.17) is 22.1 Å². The third-order valence-electron chi connectivity index (χ3n) is 3.93. The van der Waals surface area contributed by atoms with Gasteiger partial charge in [-0.3, -0.25) is 9.59 Å². The number of ketones is 1. The lowest BCUT2D eigenvalue weighted by Crippen LogP contribution is -2.32. The van der Waals surface area contributed by atoms with Crippen LogP contribution in [0.25, 0.3) is 0 Å². The first-order chi connectivity index (χ1) is 9.81. The van der Waals surface area contributed by atoms with Gasteiger partial charge in [-0.05, 0) is 18.9 Å². The summed E-state index contributed by atoms with van der Waals surface area (Å²) in [5.41, 5.74) is 5.16. The highest BCUT2D eigenvalue weighted by molar-refractivity contribution is 6.33. The second kappa shape index (κ2) is 6.80. The largest absolute Gasteiger partial charge is 0.496 e. The fourth-order valence-electron chi connectivity index (χ4n) is 2.24. The lowest BCUT2D eigenvalue weighted by molar-refractivity contribution is -0.149. The summed E-state index contributed by atoms with van der Waals surface area (Å²) < 4.78 is 5.14. The van der Waals surface area contributed by atoms with E-state index < -0.39 is 11.4 Å². The number of rotatable bonds is 7. The minimum Gasteiger partial charge on any atom is -0.496 e. The van der Waals surface area contributed by atoms with Crippen LogP contribution in [0.3, 0.4) is 0 Å². The fraction of sp³-hybridized carbons (Fsp3) is 0.467. The highest BCUT2D eigenvalue weighted by atomic mass is 35.5. The minimum absolute atomic E-state index is 0.105. The Kier molecular flexibility index (Phi) is 5.61. The van der Waals surface area contributed by atoms with Gasteiger partial charge < -0.3 is 15.6 Å². The summed E-state index contributed by atoms with van der Waals surface area (Å²) in [6, 6.07) is 2.89. The molecular formula is C15H20ClNO4. The van der Waals surface area contributed by atoms with E-state index in [1.807, 2.05) is 0 Å². The van der Waals surface area contributed by atoms with Crippen LogP contribution in [0.5, 0.6) is 5.75 Å². The molecule has 0 bridgehead atoms. The number of ether oxygens (including phenoxy) is 1. The first-order valence-electron chi connectivity index (χ1n) is 6.71. The highest BCUT2D eigenvalue weighted by Gasteiger charge is 2.37. The Morgan fingerprint density at radius 1 is 1.33 bits per heavy atom. The van der Waals surface area contributed by atoms with Crippen molar-refractivity contribution in [1.29, 1.82) is 0 Å². The number of Topliss-reactive ketones (excluding diaryl/α,β-unsaturated/α-hetero) is 1. The maximum atomic E-state index is 12.5. The van der Waals surface area contributed by atoms with Crippen molar-refractivity contribution < 1.29 is 19.4 Å². The van der Waals surface area contributed by atoms with Crippen LogP contribution in [0.15, 0.2) is 12.1 Å². The second-order valence-corrected chi connectivity index (χ2v) is 5.37. The zero-order valence-electron chi connectivity index (χ0n) is 12.4. The molecule has 6 heteroatoms. The number of carbonyl (C=O) groups is 2. The Balaban J connectivity index is 3.20. The normalized spacial score (nSPS) is 11.2. The fourth-order valence-corrected chi connectivity index (χ4v) is 2.40. The molecule has 0 saturated carbocycles. The number of hydrogen-bond acceptors (Lipinski definition) is 4. The molecule has 0 unspecified atom stereocenters. The first kappa shape index (κ1) is 17.3. The second-order valence-electron chi connectivity index (χ2n) is 4.97. The number of carboxylic acids is 1. The van der Waals surface area contributed by atoms with Crippen molar-refractivity contribution in [2.75, 3.05) is 12.8 Å². The number of aliphatic carboxylic acids is 1. The smallest absolute Gasteiger partial charge is 0.310 e. The van der Waals surface area contributed by atoms with E-state index in [1.165, 1.54) is 19.2 Å². The minimum atomic E-state index is -1.07. The van der Waals surface area contributed by atoms with Gasteiger partial charge in [0.25, 0.3) is 0 Å². The van der Waals surface area contributed by atoms with Crippen molar-refractivity contribution in [2.45, 2.75) is 33.1 Å². The van der Waals surface area contributed by atoms with E-state index in [0.29, 0.717) is 24.3 Å². The molecule has 0 aromatic heterocycles. The van der Waals surface area contributed by atoms with E-state index in [-0.39, 0.29) is 22.8 Å². The van der Waals surface area contributed by atoms with Crippen molar-refractivity contribution in [2.24, 2.45) is 5.41 Å². The predicted molar refractivity (Wildman–Crippen MR) is 82.0 cm³/mol. The van der Waals surface area contributed by atoms with E-state index in [2.05, 4.69) is 0 Å². The third-order valence-corrected chi connectivity index (χ3v) is 4.25. The average Bonchev–Trinajstić information content (AvgIpc) is 2.46. The van der Waals surface area contributed by atoms with Gasteiger partial charge in [-0.15, -0.1) is 0 Å². The monoisotopic (exact) mass is 313 g/mol. The number of anilines is 1. The standard InChI is InChI=1S/C15H20ClNO4/c1-4-15(5-2,14(19)20)8-12(18)9-6-10(16)11(17)7-13(9)21-3/h6-7H,4-5,8,17H2,1-3H3,(H,19,20). The van der Waals surface area contributed by atoms with Gasteiger partial charge in [-0.2, -0.15) is 0 Å². The third kappa shape index (κ3) is 3.47. The van der Waals surface area contributed by atoms with Crippen LogP contribution in [0.4, 0.5) is 5.69 Å². The Bertz CT molecular complexity index is 553. The van der Waals surface area contributed by atoms with Crippen LogP contribution in [0, 0.1) is 5.41 Å². The summed E-state index contributed by atoms with van der Waals surface area (Å²) >= 11 is 5.94. The Morgan fingerprint density at radius 2 is 1.90 bits per heavy atom.